The maximum absolute atomic E-state index is 12.8. The minimum atomic E-state index is -3.47. The molecule has 0 amide bonds. The molecule has 2 N–H and O–H groups in total. The van der Waals surface area contributed by atoms with Gasteiger partial charge in [0.05, 0.1) is 19.8 Å². The molecule has 0 aliphatic heterocycles. The Bertz CT molecular complexity index is 379. The van der Waals surface area contributed by atoms with Crippen molar-refractivity contribution in [3.8, 4) is 0 Å². The number of phosphoric ester groups is 1. The summed E-state index contributed by atoms with van der Waals surface area (Å²) >= 11 is 0. The van der Waals surface area contributed by atoms with Crippen LogP contribution in [0.2, 0.25) is 0 Å². The van der Waals surface area contributed by atoms with E-state index in [1.165, 1.54) is 103 Å². The van der Waals surface area contributed by atoms with E-state index in [0.717, 1.165) is 25.7 Å². The minimum Gasteiger partial charge on any atom is -0.328 e. The van der Waals surface area contributed by atoms with Crippen LogP contribution in [0, 0.1) is 0 Å². The Morgan fingerprint density at radius 1 is 0.469 bits per heavy atom. The SMILES string of the molecule is CCCCCCCCCCCCOP(=O)(OCCN)OCCCCCCCCCCCC. The van der Waals surface area contributed by atoms with Crippen molar-refractivity contribution < 1.29 is 18.1 Å². The Kier molecular flexibility index (Phi) is 25.7. The average molecular weight is 478 g/mol. The summed E-state index contributed by atoms with van der Waals surface area (Å²) in [6.07, 6.45) is 25.2. The van der Waals surface area contributed by atoms with Crippen molar-refractivity contribution in [2.75, 3.05) is 26.4 Å². The highest BCUT2D eigenvalue weighted by molar-refractivity contribution is 7.48. The van der Waals surface area contributed by atoms with Gasteiger partial charge in [0.25, 0.3) is 0 Å². The number of nitrogens with two attached hydrogens (primary N) is 1. The first-order valence-corrected chi connectivity index (χ1v) is 15.4. The average Bonchev–Trinajstić information content (AvgIpc) is 2.80. The van der Waals surface area contributed by atoms with E-state index < -0.39 is 7.82 Å². The lowest BCUT2D eigenvalue weighted by atomic mass is 10.1. The van der Waals surface area contributed by atoms with Crippen LogP contribution in [-0.4, -0.2) is 26.4 Å². The third-order valence-corrected chi connectivity index (χ3v) is 7.36. The van der Waals surface area contributed by atoms with E-state index in [9.17, 15) is 4.57 Å². The summed E-state index contributed by atoms with van der Waals surface area (Å²) in [5.41, 5.74) is 5.50. The Balaban J connectivity index is 3.70. The molecule has 6 heteroatoms. The lowest BCUT2D eigenvalue weighted by molar-refractivity contribution is 0.112. The molecule has 0 heterocycles. The van der Waals surface area contributed by atoms with Gasteiger partial charge in [0, 0.05) is 6.54 Å². The van der Waals surface area contributed by atoms with E-state index in [-0.39, 0.29) is 6.61 Å². The lowest BCUT2D eigenvalue weighted by Crippen LogP contribution is -2.10. The van der Waals surface area contributed by atoms with Crippen LogP contribution in [0.4, 0.5) is 0 Å². The molecule has 0 aromatic rings. The molecule has 0 aliphatic carbocycles. The molecular formula is C26H56NO4P. The van der Waals surface area contributed by atoms with E-state index >= 15 is 0 Å². The molecule has 0 saturated heterocycles. The van der Waals surface area contributed by atoms with Crippen LogP contribution >= 0.6 is 7.82 Å². The molecular weight excluding hydrogens is 421 g/mol. The highest BCUT2D eigenvalue weighted by Crippen LogP contribution is 2.49. The summed E-state index contributed by atoms with van der Waals surface area (Å²) in [5.74, 6) is 0. The van der Waals surface area contributed by atoms with Gasteiger partial charge in [-0.05, 0) is 12.8 Å². The molecule has 0 aliphatic rings. The Morgan fingerprint density at radius 2 is 0.750 bits per heavy atom. The van der Waals surface area contributed by atoms with Crippen LogP contribution in [0.5, 0.6) is 0 Å². The molecule has 32 heavy (non-hydrogen) atoms. The lowest BCUT2D eigenvalue weighted by Gasteiger charge is -2.17. The van der Waals surface area contributed by atoms with E-state index in [1.807, 2.05) is 0 Å². The van der Waals surface area contributed by atoms with Crippen molar-refractivity contribution in [1.29, 1.82) is 0 Å². The summed E-state index contributed by atoms with van der Waals surface area (Å²) in [5, 5.41) is 0. The quantitative estimate of drug-likeness (QED) is 0.0944. The molecule has 0 rings (SSSR count). The van der Waals surface area contributed by atoms with Gasteiger partial charge in [-0.2, -0.15) is 0 Å². The van der Waals surface area contributed by atoms with E-state index in [2.05, 4.69) is 13.8 Å². The van der Waals surface area contributed by atoms with Gasteiger partial charge in [-0.15, -0.1) is 0 Å². The third-order valence-electron chi connectivity index (χ3n) is 5.86. The van der Waals surface area contributed by atoms with Gasteiger partial charge in [-0.1, -0.05) is 129 Å². The summed E-state index contributed by atoms with van der Waals surface area (Å²) in [4.78, 5) is 0. The summed E-state index contributed by atoms with van der Waals surface area (Å²) in [7, 11) is -3.47. The minimum absolute atomic E-state index is 0.202. The van der Waals surface area contributed by atoms with Crippen LogP contribution in [-0.2, 0) is 18.1 Å². The maximum Gasteiger partial charge on any atom is 0.474 e. The first-order chi connectivity index (χ1) is 15.7. The molecule has 0 aromatic heterocycles. The number of phosphoric acid groups is 1. The third kappa shape index (κ3) is 23.2. The number of hydrogen-bond donors (Lipinski definition) is 1. The number of hydrogen-bond acceptors (Lipinski definition) is 5. The largest absolute Gasteiger partial charge is 0.474 e. The molecule has 0 saturated carbocycles. The molecule has 0 unspecified atom stereocenters. The van der Waals surface area contributed by atoms with Crippen molar-refractivity contribution in [3.05, 3.63) is 0 Å². The van der Waals surface area contributed by atoms with E-state index in [1.54, 1.807) is 0 Å². The van der Waals surface area contributed by atoms with Gasteiger partial charge in [-0.3, -0.25) is 13.6 Å². The van der Waals surface area contributed by atoms with Crippen LogP contribution in [0.1, 0.15) is 142 Å². The first kappa shape index (κ1) is 32.1. The molecule has 0 fully saturated rings. The second-order valence-electron chi connectivity index (χ2n) is 9.10. The molecule has 194 valence electrons. The van der Waals surface area contributed by atoms with Crippen molar-refractivity contribution in [3.63, 3.8) is 0 Å². The van der Waals surface area contributed by atoms with Crippen LogP contribution < -0.4 is 5.73 Å². The van der Waals surface area contributed by atoms with Gasteiger partial charge in [-0.25, -0.2) is 4.57 Å². The van der Waals surface area contributed by atoms with Crippen molar-refractivity contribution in [2.45, 2.75) is 142 Å². The predicted octanol–water partition coefficient (Wildman–Crippen LogP) is 8.94. The Hall–Kier alpha value is 0.0700. The Labute approximate surface area is 200 Å². The molecule has 0 bridgehead atoms. The zero-order chi connectivity index (χ0) is 23.6. The second kappa shape index (κ2) is 25.7. The maximum atomic E-state index is 12.8. The van der Waals surface area contributed by atoms with Crippen LogP contribution in [0.3, 0.4) is 0 Å². The van der Waals surface area contributed by atoms with Gasteiger partial charge in [0.1, 0.15) is 0 Å². The molecule has 0 radical (unpaired) electrons. The predicted molar refractivity (Wildman–Crippen MR) is 138 cm³/mol. The Morgan fingerprint density at radius 3 is 1.06 bits per heavy atom. The zero-order valence-corrected chi connectivity index (χ0v) is 22.5. The van der Waals surface area contributed by atoms with Crippen molar-refractivity contribution in [1.82, 2.24) is 0 Å². The standard InChI is InChI=1S/C26H56NO4P/c1-3-5-7-9-11-13-15-17-19-21-24-29-32(28,31-26-23-27)30-25-22-20-18-16-14-12-10-8-6-4-2/h3-27H2,1-2H3. The fraction of sp³-hybridized carbons (Fsp3) is 1.00. The van der Waals surface area contributed by atoms with Gasteiger partial charge < -0.3 is 5.73 Å². The molecule has 0 atom stereocenters. The number of rotatable bonds is 27. The van der Waals surface area contributed by atoms with Crippen LogP contribution in [0.25, 0.3) is 0 Å². The normalized spacial score (nSPS) is 12.0. The molecule has 0 aromatic carbocycles. The fourth-order valence-electron chi connectivity index (χ4n) is 3.81. The molecule has 0 spiro atoms. The first-order valence-electron chi connectivity index (χ1n) is 13.9. The van der Waals surface area contributed by atoms with Gasteiger partial charge in [0.15, 0.2) is 0 Å². The second-order valence-corrected chi connectivity index (χ2v) is 10.8. The van der Waals surface area contributed by atoms with Gasteiger partial charge in [0.2, 0.25) is 0 Å². The summed E-state index contributed by atoms with van der Waals surface area (Å²) in [6, 6.07) is 0. The number of unbranched alkanes of at least 4 members (excludes halogenated alkanes) is 18. The van der Waals surface area contributed by atoms with Crippen molar-refractivity contribution >= 4 is 7.82 Å². The molecule has 5 nitrogen and oxygen atoms in total. The topological polar surface area (TPSA) is 70.8 Å². The van der Waals surface area contributed by atoms with Gasteiger partial charge >= 0.3 is 7.82 Å². The van der Waals surface area contributed by atoms with Crippen molar-refractivity contribution in [2.24, 2.45) is 5.73 Å². The summed E-state index contributed by atoms with van der Waals surface area (Å²) in [6.45, 7) is 5.88. The van der Waals surface area contributed by atoms with Crippen LogP contribution in [0.15, 0.2) is 0 Å². The summed E-state index contributed by atoms with van der Waals surface area (Å²) < 4.78 is 29.2. The zero-order valence-electron chi connectivity index (χ0n) is 21.6. The van der Waals surface area contributed by atoms with E-state index in [0.29, 0.717) is 19.8 Å². The van der Waals surface area contributed by atoms with E-state index in [4.69, 9.17) is 19.3 Å². The fourth-order valence-corrected chi connectivity index (χ4v) is 5.07. The highest BCUT2D eigenvalue weighted by atomic mass is 31.2. The smallest absolute Gasteiger partial charge is 0.328 e. The highest BCUT2D eigenvalue weighted by Gasteiger charge is 2.25. The monoisotopic (exact) mass is 477 g/mol.